The molecule has 24 heavy (non-hydrogen) atoms. The molecule has 0 saturated carbocycles. The van der Waals surface area contributed by atoms with Crippen LogP contribution in [0, 0.1) is 5.92 Å². The summed E-state index contributed by atoms with van der Waals surface area (Å²) in [6.07, 6.45) is 0. The maximum atomic E-state index is 12.6. The molecule has 1 atom stereocenters. The monoisotopic (exact) mass is 348 g/mol. The molecule has 0 heterocycles. The number of hydrogen-bond acceptors (Lipinski definition) is 4. The summed E-state index contributed by atoms with van der Waals surface area (Å²) in [4.78, 5) is 0. The van der Waals surface area contributed by atoms with E-state index in [1.54, 1.807) is 37.4 Å². The molecule has 0 aromatic heterocycles. The van der Waals surface area contributed by atoms with Crippen LogP contribution in [0.25, 0.3) is 0 Å². The molecule has 0 saturated heterocycles. The van der Waals surface area contributed by atoms with Gasteiger partial charge < -0.3 is 10.5 Å². The Labute approximate surface area is 143 Å². The van der Waals surface area contributed by atoms with E-state index in [0.717, 1.165) is 5.56 Å². The topological polar surface area (TPSA) is 81.4 Å². The summed E-state index contributed by atoms with van der Waals surface area (Å²) in [5.41, 5.74) is 8.07. The van der Waals surface area contributed by atoms with Crippen molar-refractivity contribution in [2.75, 3.05) is 12.8 Å². The highest BCUT2D eigenvalue weighted by Crippen LogP contribution is 2.27. The van der Waals surface area contributed by atoms with Crippen LogP contribution >= 0.6 is 0 Å². The Morgan fingerprint density at radius 1 is 1.12 bits per heavy atom. The summed E-state index contributed by atoms with van der Waals surface area (Å²) < 4.78 is 33.1. The Balaban J connectivity index is 2.23. The minimum atomic E-state index is -3.53. The van der Waals surface area contributed by atoms with E-state index in [-0.39, 0.29) is 17.7 Å². The minimum Gasteiger partial charge on any atom is -0.497 e. The minimum absolute atomic E-state index is 0.0646. The second-order valence-corrected chi connectivity index (χ2v) is 7.83. The number of hydrogen-bond donors (Lipinski definition) is 2. The maximum absolute atomic E-state index is 12.6. The van der Waals surface area contributed by atoms with Gasteiger partial charge in [0, 0.05) is 5.69 Å². The van der Waals surface area contributed by atoms with Crippen molar-refractivity contribution in [3.8, 4) is 5.75 Å². The van der Waals surface area contributed by atoms with Crippen LogP contribution in [0.4, 0.5) is 5.69 Å². The van der Waals surface area contributed by atoms with Crippen molar-refractivity contribution in [1.29, 1.82) is 0 Å². The Kier molecular flexibility index (Phi) is 5.85. The van der Waals surface area contributed by atoms with E-state index in [1.165, 1.54) is 0 Å². The number of methoxy groups -OCH3 is 1. The Hall–Kier alpha value is -2.05. The summed E-state index contributed by atoms with van der Waals surface area (Å²) in [5.74, 6) is 0.588. The van der Waals surface area contributed by atoms with Gasteiger partial charge in [-0.15, -0.1) is 0 Å². The Bertz CT molecular complexity index is 788. The number of ether oxygens (including phenoxy) is 1. The van der Waals surface area contributed by atoms with Crippen LogP contribution in [-0.4, -0.2) is 15.5 Å². The predicted molar refractivity (Wildman–Crippen MR) is 97.2 cm³/mol. The first kappa shape index (κ1) is 18.3. The van der Waals surface area contributed by atoms with Gasteiger partial charge in [0.2, 0.25) is 10.0 Å². The molecule has 2 rings (SSSR count). The van der Waals surface area contributed by atoms with Crippen LogP contribution in [0.15, 0.2) is 48.5 Å². The smallest absolute Gasteiger partial charge is 0.216 e. The van der Waals surface area contributed by atoms with Crippen LogP contribution < -0.4 is 15.2 Å². The van der Waals surface area contributed by atoms with Crippen LogP contribution in [0.3, 0.4) is 0 Å². The van der Waals surface area contributed by atoms with E-state index in [0.29, 0.717) is 17.0 Å². The molecule has 2 aromatic rings. The maximum Gasteiger partial charge on any atom is 0.216 e. The van der Waals surface area contributed by atoms with Crippen LogP contribution in [0.1, 0.15) is 31.0 Å². The van der Waals surface area contributed by atoms with Gasteiger partial charge in [-0.2, -0.15) is 0 Å². The summed E-state index contributed by atoms with van der Waals surface area (Å²) in [5, 5.41) is 0. The van der Waals surface area contributed by atoms with Crippen molar-refractivity contribution in [1.82, 2.24) is 4.72 Å². The summed E-state index contributed by atoms with van der Waals surface area (Å²) in [6.45, 7) is 3.93. The highest BCUT2D eigenvalue weighted by molar-refractivity contribution is 7.88. The third-order valence-electron chi connectivity index (χ3n) is 3.80. The van der Waals surface area contributed by atoms with Crippen molar-refractivity contribution >= 4 is 15.7 Å². The number of benzene rings is 2. The zero-order valence-electron chi connectivity index (χ0n) is 14.2. The molecule has 2 aromatic carbocycles. The molecule has 5 nitrogen and oxygen atoms in total. The van der Waals surface area contributed by atoms with Crippen LogP contribution in [0.2, 0.25) is 0 Å². The molecule has 0 radical (unpaired) electrons. The molecule has 0 aliphatic heterocycles. The highest BCUT2D eigenvalue weighted by Gasteiger charge is 2.24. The molecule has 130 valence electrons. The van der Waals surface area contributed by atoms with E-state index in [4.69, 9.17) is 10.5 Å². The average molecular weight is 348 g/mol. The van der Waals surface area contributed by atoms with Crippen LogP contribution in [-0.2, 0) is 15.8 Å². The highest BCUT2D eigenvalue weighted by atomic mass is 32.2. The van der Waals surface area contributed by atoms with Crippen LogP contribution in [0.5, 0.6) is 5.75 Å². The van der Waals surface area contributed by atoms with E-state index in [1.807, 2.05) is 32.0 Å². The van der Waals surface area contributed by atoms with Crippen molar-refractivity contribution in [3.05, 3.63) is 59.7 Å². The lowest BCUT2D eigenvalue weighted by atomic mass is 9.96. The fraction of sp³-hybridized carbons (Fsp3) is 0.333. The molecule has 1 unspecified atom stereocenters. The zero-order valence-corrected chi connectivity index (χ0v) is 15.0. The van der Waals surface area contributed by atoms with Gasteiger partial charge >= 0.3 is 0 Å². The molecule has 0 amide bonds. The fourth-order valence-corrected chi connectivity index (χ4v) is 4.06. The lowest BCUT2D eigenvalue weighted by Crippen LogP contribution is -2.33. The van der Waals surface area contributed by atoms with Gasteiger partial charge in [-0.05, 0) is 35.2 Å². The van der Waals surface area contributed by atoms with Crippen molar-refractivity contribution in [2.24, 2.45) is 5.92 Å². The molecule has 0 aliphatic rings. The molecule has 3 N–H and O–H groups in total. The van der Waals surface area contributed by atoms with E-state index < -0.39 is 10.0 Å². The van der Waals surface area contributed by atoms with Crippen molar-refractivity contribution in [2.45, 2.75) is 25.6 Å². The van der Waals surface area contributed by atoms with Gasteiger partial charge in [0.15, 0.2) is 0 Å². The Morgan fingerprint density at radius 3 is 2.46 bits per heavy atom. The van der Waals surface area contributed by atoms with Crippen molar-refractivity contribution in [3.63, 3.8) is 0 Å². The van der Waals surface area contributed by atoms with Crippen molar-refractivity contribution < 1.29 is 13.2 Å². The van der Waals surface area contributed by atoms with Gasteiger partial charge in [0.05, 0.1) is 18.9 Å². The van der Waals surface area contributed by atoms with Gasteiger partial charge in [-0.25, -0.2) is 13.1 Å². The molecule has 6 heteroatoms. The summed E-state index contributed by atoms with van der Waals surface area (Å²) in [7, 11) is -1.98. The van der Waals surface area contributed by atoms with Gasteiger partial charge in [-0.3, -0.25) is 0 Å². The standard InChI is InChI=1S/C18H24N2O3S/c1-13(2)18(16-9-4-5-10-17(16)19)20-24(21,22)12-14-7-6-8-15(11-14)23-3/h4-11,13,18,20H,12,19H2,1-3H3. The average Bonchev–Trinajstić information content (AvgIpc) is 2.53. The van der Waals surface area contributed by atoms with Gasteiger partial charge in [-0.1, -0.05) is 44.2 Å². The molecular weight excluding hydrogens is 324 g/mol. The molecule has 0 aliphatic carbocycles. The fourth-order valence-electron chi connectivity index (χ4n) is 2.57. The number of nitrogen functional groups attached to an aromatic ring is 1. The number of rotatable bonds is 7. The second kappa shape index (κ2) is 7.68. The van der Waals surface area contributed by atoms with E-state index in [9.17, 15) is 8.42 Å². The third kappa shape index (κ3) is 4.72. The van der Waals surface area contributed by atoms with Gasteiger partial charge in [0.1, 0.15) is 5.75 Å². The molecule has 0 bridgehead atoms. The zero-order chi connectivity index (χ0) is 17.7. The number of para-hydroxylation sites is 1. The molecular formula is C18H24N2O3S. The molecule has 0 fully saturated rings. The summed E-state index contributed by atoms with van der Waals surface area (Å²) >= 11 is 0. The Morgan fingerprint density at radius 2 is 1.83 bits per heavy atom. The first-order chi connectivity index (χ1) is 11.3. The first-order valence-electron chi connectivity index (χ1n) is 7.79. The predicted octanol–water partition coefficient (Wildman–Crippen LogP) is 3.09. The van der Waals surface area contributed by atoms with E-state index >= 15 is 0 Å². The third-order valence-corrected chi connectivity index (χ3v) is 5.12. The quantitative estimate of drug-likeness (QED) is 0.753. The SMILES string of the molecule is COc1cccc(CS(=O)(=O)NC(c2ccccc2N)C(C)C)c1. The number of anilines is 1. The first-order valence-corrected chi connectivity index (χ1v) is 9.45. The second-order valence-electron chi connectivity index (χ2n) is 6.08. The lowest BCUT2D eigenvalue weighted by molar-refractivity contribution is 0.414. The summed E-state index contributed by atoms with van der Waals surface area (Å²) in [6, 6.07) is 14.0. The number of nitrogens with one attached hydrogen (secondary N) is 1. The largest absolute Gasteiger partial charge is 0.497 e. The lowest BCUT2D eigenvalue weighted by Gasteiger charge is -2.24. The number of nitrogens with two attached hydrogens (primary N) is 1. The van der Waals surface area contributed by atoms with Gasteiger partial charge in [0.25, 0.3) is 0 Å². The van der Waals surface area contributed by atoms with E-state index in [2.05, 4.69) is 4.72 Å². The molecule has 0 spiro atoms. The number of sulfonamides is 1. The normalized spacial score (nSPS) is 13.0.